The molecule has 6 N–H and O–H groups in total. The van der Waals surface area contributed by atoms with Crippen LogP contribution in [0.2, 0.25) is 0 Å². The molecular weight excluding hydrogens is 588 g/mol. The highest BCUT2D eigenvalue weighted by Gasteiger charge is 2.28. The molecule has 5 aromatic rings. The first-order valence-electron chi connectivity index (χ1n) is 13.7. The maximum Gasteiger partial charge on any atom is 0.165 e. The highest BCUT2D eigenvalue weighted by Crippen LogP contribution is 2.34. The Morgan fingerprint density at radius 2 is 1.90 bits per heavy atom. The fraction of sp³-hybridized carbons (Fsp3) is 0.370. The minimum Gasteiger partial charge on any atom is -0.384 e. The van der Waals surface area contributed by atoms with Gasteiger partial charge in [0, 0.05) is 61.6 Å². The number of nitrogen functional groups attached to an aromatic ring is 2. The number of hydrogen-bond acceptors (Lipinski definition) is 10. The number of nitrogens with one attached hydrogen (secondary N) is 2. The molecule has 14 heteroatoms. The van der Waals surface area contributed by atoms with Gasteiger partial charge in [0.2, 0.25) is 0 Å². The van der Waals surface area contributed by atoms with E-state index in [0.29, 0.717) is 46.5 Å². The summed E-state index contributed by atoms with van der Waals surface area (Å²) in [4.78, 5) is 9.91. The van der Waals surface area contributed by atoms with Crippen LogP contribution in [-0.4, -0.2) is 71.3 Å². The molecule has 5 aromatic heterocycles. The molecule has 2 aliphatic rings. The predicted octanol–water partition coefficient (Wildman–Crippen LogP) is 2.31. The Morgan fingerprint density at radius 1 is 1.02 bits per heavy atom. The van der Waals surface area contributed by atoms with Crippen LogP contribution >= 0.6 is 15.9 Å². The second kappa shape index (κ2) is 10.5. The maximum absolute atomic E-state index is 6.51. The number of ether oxygens (including phenoxy) is 1. The fourth-order valence-corrected chi connectivity index (χ4v) is 6.11. The number of hydrogen-bond donors (Lipinski definition) is 4. The zero-order valence-electron chi connectivity index (χ0n) is 22.5. The van der Waals surface area contributed by atoms with Crippen LogP contribution in [0.5, 0.6) is 0 Å². The van der Waals surface area contributed by atoms with Gasteiger partial charge in [-0.25, -0.2) is 9.97 Å². The zero-order chi connectivity index (χ0) is 28.1. The average molecular weight is 620 g/mol. The standard InChI is InChI=1S/C27H31BrN12O/c1-38-14-17(10-33-38)19-12-35-40-25(30)23(28)24(37-27(19)40)21-13-32-11-18(41-21)5-4-16-9-34-39-22(29)7-20(36-26(16)39)15-3-2-6-31-8-15/h4-5,7,9-10,12,14-15,18,21,31-32H,2-3,6,8,11,13,29-30H2,1H3/b5-4-. The topological polar surface area (TPSA) is 164 Å². The van der Waals surface area contributed by atoms with Crippen LogP contribution < -0.4 is 22.1 Å². The second-order valence-corrected chi connectivity index (χ2v) is 11.4. The van der Waals surface area contributed by atoms with Gasteiger partial charge in [-0.2, -0.15) is 24.3 Å². The molecule has 0 radical (unpaired) electrons. The zero-order valence-corrected chi connectivity index (χ0v) is 24.1. The summed E-state index contributed by atoms with van der Waals surface area (Å²) < 4.78 is 12.2. The van der Waals surface area contributed by atoms with Crippen LogP contribution in [0, 0.1) is 0 Å². The van der Waals surface area contributed by atoms with E-state index in [1.807, 2.05) is 31.5 Å². The second-order valence-electron chi connectivity index (χ2n) is 10.6. The van der Waals surface area contributed by atoms with Crippen LogP contribution in [0.25, 0.3) is 28.5 Å². The van der Waals surface area contributed by atoms with Crippen molar-refractivity contribution in [3.05, 3.63) is 58.4 Å². The fourth-order valence-electron chi connectivity index (χ4n) is 5.59. The van der Waals surface area contributed by atoms with E-state index in [4.69, 9.17) is 26.2 Å². The summed E-state index contributed by atoms with van der Waals surface area (Å²) in [6, 6.07) is 1.94. The lowest BCUT2D eigenvalue weighted by Crippen LogP contribution is -2.40. The Labute approximate surface area is 244 Å². The van der Waals surface area contributed by atoms with Gasteiger partial charge >= 0.3 is 0 Å². The third-order valence-corrected chi connectivity index (χ3v) is 8.55. The molecule has 2 saturated heterocycles. The summed E-state index contributed by atoms with van der Waals surface area (Å²) in [7, 11) is 1.87. The summed E-state index contributed by atoms with van der Waals surface area (Å²) in [5, 5.41) is 20.1. The molecule has 0 aliphatic carbocycles. The number of aromatic nitrogens is 8. The third-order valence-electron chi connectivity index (χ3n) is 7.74. The van der Waals surface area contributed by atoms with Crippen LogP contribution in [0.3, 0.4) is 0 Å². The molecule has 7 rings (SSSR count). The van der Waals surface area contributed by atoms with Gasteiger partial charge in [0.15, 0.2) is 11.3 Å². The Bertz CT molecular complexity index is 1770. The number of anilines is 2. The predicted molar refractivity (Wildman–Crippen MR) is 159 cm³/mol. The van der Waals surface area contributed by atoms with Crippen molar-refractivity contribution in [2.75, 3.05) is 37.6 Å². The van der Waals surface area contributed by atoms with Crippen molar-refractivity contribution < 1.29 is 4.74 Å². The van der Waals surface area contributed by atoms with Crippen LogP contribution in [0.15, 0.2) is 41.4 Å². The van der Waals surface area contributed by atoms with E-state index in [-0.39, 0.29) is 12.2 Å². The molecule has 41 heavy (non-hydrogen) atoms. The smallest absolute Gasteiger partial charge is 0.165 e. The van der Waals surface area contributed by atoms with E-state index in [2.05, 4.69) is 41.9 Å². The first-order chi connectivity index (χ1) is 20.0. The summed E-state index contributed by atoms with van der Waals surface area (Å²) in [5.74, 6) is 1.39. The van der Waals surface area contributed by atoms with Gasteiger partial charge in [-0.05, 0) is 35.3 Å². The van der Waals surface area contributed by atoms with Gasteiger partial charge in [0.1, 0.15) is 17.7 Å². The monoisotopic (exact) mass is 618 g/mol. The number of fused-ring (bicyclic) bond motifs is 2. The number of rotatable bonds is 5. The van der Waals surface area contributed by atoms with Gasteiger partial charge in [0.05, 0.1) is 40.6 Å². The van der Waals surface area contributed by atoms with Crippen molar-refractivity contribution in [2.24, 2.45) is 7.05 Å². The van der Waals surface area contributed by atoms with Gasteiger partial charge in [-0.1, -0.05) is 12.2 Å². The Balaban J connectivity index is 1.16. The quantitative estimate of drug-likeness (QED) is 0.230. The van der Waals surface area contributed by atoms with Gasteiger partial charge < -0.3 is 26.8 Å². The largest absolute Gasteiger partial charge is 0.384 e. The molecule has 0 saturated carbocycles. The van der Waals surface area contributed by atoms with Crippen molar-refractivity contribution in [1.29, 1.82) is 0 Å². The maximum atomic E-state index is 6.51. The molecule has 0 bridgehead atoms. The van der Waals surface area contributed by atoms with Gasteiger partial charge in [-0.15, -0.1) is 0 Å². The van der Waals surface area contributed by atoms with Crippen LogP contribution in [-0.2, 0) is 11.8 Å². The molecule has 3 unspecified atom stereocenters. The average Bonchev–Trinajstić information content (AvgIpc) is 3.73. The minimum atomic E-state index is -0.334. The van der Waals surface area contributed by atoms with Crippen molar-refractivity contribution >= 4 is 44.9 Å². The summed E-state index contributed by atoms with van der Waals surface area (Å²) in [6.07, 6.45) is 13.0. The summed E-state index contributed by atoms with van der Waals surface area (Å²) in [6.45, 7) is 3.21. The number of nitrogens with two attached hydrogens (primary N) is 2. The minimum absolute atomic E-state index is 0.208. The molecule has 0 amide bonds. The Hall–Kier alpha value is -3.85. The first-order valence-corrected chi connectivity index (χ1v) is 14.5. The summed E-state index contributed by atoms with van der Waals surface area (Å²) in [5.41, 5.74) is 18.6. The number of nitrogens with zero attached hydrogens (tertiary/aromatic N) is 8. The van der Waals surface area contributed by atoms with E-state index in [1.54, 1.807) is 32.3 Å². The number of aryl methyl sites for hydroxylation is 1. The Kier molecular flexibility index (Phi) is 6.69. The van der Waals surface area contributed by atoms with Crippen molar-refractivity contribution in [1.82, 2.24) is 49.6 Å². The van der Waals surface area contributed by atoms with Crippen molar-refractivity contribution in [2.45, 2.75) is 31.0 Å². The lowest BCUT2D eigenvalue weighted by atomic mass is 9.96. The van der Waals surface area contributed by atoms with Crippen LogP contribution in [0.4, 0.5) is 11.6 Å². The molecule has 3 atom stereocenters. The molecule has 7 heterocycles. The van der Waals surface area contributed by atoms with E-state index in [1.165, 1.54) is 0 Å². The third kappa shape index (κ3) is 4.76. The number of morpholine rings is 1. The van der Waals surface area contributed by atoms with Gasteiger partial charge in [-0.3, -0.25) is 4.68 Å². The van der Waals surface area contributed by atoms with E-state index < -0.39 is 0 Å². The Morgan fingerprint density at radius 3 is 2.71 bits per heavy atom. The summed E-state index contributed by atoms with van der Waals surface area (Å²) >= 11 is 3.64. The molecule has 2 aliphatic heterocycles. The SMILES string of the molecule is Cn1cc(-c2cnn3c(N)c(Br)c(C4CNCC(/C=C\c5cnn6c(N)cc(C7CCCNC7)nc56)O4)nc23)cn1. The molecule has 0 aromatic carbocycles. The molecule has 13 nitrogen and oxygen atoms in total. The van der Waals surface area contributed by atoms with Crippen molar-refractivity contribution in [3.8, 4) is 11.1 Å². The highest BCUT2D eigenvalue weighted by atomic mass is 79.9. The lowest BCUT2D eigenvalue weighted by Gasteiger charge is -2.29. The molecule has 0 spiro atoms. The lowest BCUT2D eigenvalue weighted by molar-refractivity contribution is -0.0160. The highest BCUT2D eigenvalue weighted by molar-refractivity contribution is 9.10. The molecule has 2 fully saturated rings. The van der Waals surface area contributed by atoms with E-state index in [9.17, 15) is 0 Å². The first kappa shape index (κ1) is 26.1. The number of piperidine rings is 1. The number of halogens is 1. The molecule has 212 valence electrons. The van der Waals surface area contributed by atoms with Crippen molar-refractivity contribution in [3.63, 3.8) is 0 Å². The normalized spacial score (nSPS) is 21.9. The van der Waals surface area contributed by atoms with Gasteiger partial charge in [0.25, 0.3) is 0 Å². The van der Waals surface area contributed by atoms with Crippen LogP contribution in [0.1, 0.15) is 41.8 Å². The van der Waals surface area contributed by atoms with E-state index >= 15 is 0 Å². The molecular formula is C27H31BrN12O. The van der Waals surface area contributed by atoms with E-state index in [0.717, 1.165) is 54.0 Å².